The molecule has 0 saturated carbocycles. The second-order valence-electron chi connectivity index (χ2n) is 6.23. The Balaban J connectivity index is 1.89. The minimum atomic E-state index is -1.18. The summed E-state index contributed by atoms with van der Waals surface area (Å²) in [6.45, 7) is 6.72. The Morgan fingerprint density at radius 2 is 1.93 bits per heavy atom. The number of hydrogen-bond donors (Lipinski definition) is 1. The zero-order valence-corrected chi connectivity index (χ0v) is 15.2. The van der Waals surface area contributed by atoms with Crippen LogP contribution in [0.25, 0.3) is 11.0 Å². The van der Waals surface area contributed by atoms with Crippen molar-refractivity contribution in [1.82, 2.24) is 15.0 Å². The third kappa shape index (κ3) is 4.32. The highest BCUT2D eigenvalue weighted by Crippen LogP contribution is 2.22. The normalized spacial score (nSPS) is 13.1. The molecular weight excluding hydrogens is 346 g/mol. The van der Waals surface area contributed by atoms with Gasteiger partial charge >= 0.3 is 5.97 Å². The first-order chi connectivity index (χ1) is 13.0. The van der Waals surface area contributed by atoms with E-state index >= 15 is 0 Å². The topological polar surface area (TPSA) is 86.5 Å². The van der Waals surface area contributed by atoms with Crippen LogP contribution in [-0.4, -0.2) is 38.8 Å². The third-order valence-electron chi connectivity index (χ3n) is 3.92. The number of carbonyl (C=O) groups excluding carboxylic acids is 1. The number of aliphatic hydroxyl groups excluding tert-OH is 1. The van der Waals surface area contributed by atoms with Gasteiger partial charge in [-0.15, -0.1) is 15.0 Å². The maximum absolute atomic E-state index is 11.6. The SMILES string of the molecule is C=C(C)C(=O)OCC(O)C(Oc1ccccc1)n1nc2cccc(C)c2n1. The molecule has 0 spiro atoms. The molecule has 0 bridgehead atoms. The van der Waals surface area contributed by atoms with E-state index in [0.29, 0.717) is 16.8 Å². The Labute approximate surface area is 156 Å². The van der Waals surface area contributed by atoms with E-state index in [2.05, 4.69) is 16.8 Å². The van der Waals surface area contributed by atoms with Gasteiger partial charge < -0.3 is 14.6 Å². The minimum absolute atomic E-state index is 0.251. The predicted molar refractivity (Wildman–Crippen MR) is 100 cm³/mol. The van der Waals surface area contributed by atoms with E-state index in [0.717, 1.165) is 5.56 Å². The number of carbonyl (C=O) groups is 1. The van der Waals surface area contributed by atoms with Crippen LogP contribution in [0.5, 0.6) is 5.75 Å². The van der Waals surface area contributed by atoms with Crippen LogP contribution in [0, 0.1) is 6.92 Å². The lowest BCUT2D eigenvalue weighted by Gasteiger charge is -2.23. The van der Waals surface area contributed by atoms with E-state index in [-0.39, 0.29) is 12.2 Å². The highest BCUT2D eigenvalue weighted by molar-refractivity contribution is 5.86. The maximum Gasteiger partial charge on any atom is 0.333 e. The molecule has 1 aromatic heterocycles. The number of rotatable bonds is 7. The van der Waals surface area contributed by atoms with Crippen molar-refractivity contribution < 1.29 is 19.4 Å². The fourth-order valence-electron chi connectivity index (χ4n) is 2.49. The summed E-state index contributed by atoms with van der Waals surface area (Å²) in [6, 6.07) is 14.7. The van der Waals surface area contributed by atoms with Crippen molar-refractivity contribution in [2.75, 3.05) is 6.61 Å². The Morgan fingerprint density at radius 1 is 1.19 bits per heavy atom. The van der Waals surface area contributed by atoms with Gasteiger partial charge in [0.2, 0.25) is 6.23 Å². The van der Waals surface area contributed by atoms with E-state index in [1.54, 1.807) is 12.1 Å². The molecule has 0 aliphatic rings. The molecule has 0 aliphatic heterocycles. The molecule has 2 atom stereocenters. The molecule has 27 heavy (non-hydrogen) atoms. The van der Waals surface area contributed by atoms with Crippen LogP contribution >= 0.6 is 0 Å². The molecule has 1 heterocycles. The van der Waals surface area contributed by atoms with Crippen molar-refractivity contribution in [3.8, 4) is 5.75 Å². The van der Waals surface area contributed by atoms with Crippen LogP contribution in [0.1, 0.15) is 18.7 Å². The van der Waals surface area contributed by atoms with Crippen LogP contribution in [0.15, 0.2) is 60.7 Å². The largest absolute Gasteiger partial charge is 0.464 e. The van der Waals surface area contributed by atoms with Crippen molar-refractivity contribution in [3.05, 3.63) is 66.2 Å². The van der Waals surface area contributed by atoms with E-state index in [1.165, 1.54) is 11.7 Å². The third-order valence-corrected chi connectivity index (χ3v) is 3.92. The standard InChI is InChI=1S/C20H21N3O4/c1-13(2)20(25)26-12-17(24)19(27-15-9-5-4-6-10-15)23-21-16-11-7-8-14(3)18(16)22-23/h4-11,17,19,24H,1,12H2,2-3H3. The lowest BCUT2D eigenvalue weighted by Crippen LogP contribution is -2.35. The predicted octanol–water partition coefficient (Wildman–Crippen LogP) is 2.80. The van der Waals surface area contributed by atoms with E-state index in [9.17, 15) is 9.90 Å². The highest BCUT2D eigenvalue weighted by Gasteiger charge is 2.27. The number of aromatic nitrogens is 3. The van der Waals surface area contributed by atoms with E-state index in [4.69, 9.17) is 9.47 Å². The van der Waals surface area contributed by atoms with Gasteiger partial charge in [0.05, 0.1) is 0 Å². The highest BCUT2D eigenvalue weighted by atomic mass is 16.6. The summed E-state index contributed by atoms with van der Waals surface area (Å²) >= 11 is 0. The molecule has 0 saturated heterocycles. The molecule has 3 rings (SSSR count). The van der Waals surface area contributed by atoms with Crippen molar-refractivity contribution in [2.24, 2.45) is 0 Å². The molecule has 7 nitrogen and oxygen atoms in total. The average molecular weight is 367 g/mol. The van der Waals surface area contributed by atoms with Gasteiger partial charge in [0.25, 0.3) is 0 Å². The number of aliphatic hydroxyl groups is 1. The van der Waals surface area contributed by atoms with Crippen LogP contribution < -0.4 is 4.74 Å². The summed E-state index contributed by atoms with van der Waals surface area (Å²) in [6.07, 6.45) is -2.16. The number of para-hydroxylation sites is 1. The minimum Gasteiger partial charge on any atom is -0.464 e. The number of nitrogens with zero attached hydrogens (tertiary/aromatic N) is 3. The molecule has 2 aromatic carbocycles. The molecule has 2 unspecified atom stereocenters. The summed E-state index contributed by atoms with van der Waals surface area (Å²) in [5, 5.41) is 19.5. The number of benzene rings is 2. The summed E-state index contributed by atoms with van der Waals surface area (Å²) in [5.41, 5.74) is 2.61. The fourth-order valence-corrected chi connectivity index (χ4v) is 2.49. The van der Waals surface area contributed by atoms with E-state index < -0.39 is 18.3 Å². The second kappa shape index (κ2) is 8.01. The number of fused-ring (bicyclic) bond motifs is 1. The van der Waals surface area contributed by atoms with Crippen molar-refractivity contribution >= 4 is 17.0 Å². The molecule has 140 valence electrons. The van der Waals surface area contributed by atoms with Crippen LogP contribution in [0.2, 0.25) is 0 Å². The summed E-state index contributed by atoms with van der Waals surface area (Å²) < 4.78 is 11.0. The van der Waals surface area contributed by atoms with Gasteiger partial charge in [-0.25, -0.2) is 4.79 Å². The quantitative estimate of drug-likeness (QED) is 0.510. The van der Waals surface area contributed by atoms with E-state index in [1.807, 2.05) is 43.3 Å². The zero-order valence-electron chi connectivity index (χ0n) is 15.2. The molecular formula is C20H21N3O4. The lowest BCUT2D eigenvalue weighted by atomic mass is 10.2. The monoisotopic (exact) mass is 367 g/mol. The van der Waals surface area contributed by atoms with Crippen LogP contribution in [0.4, 0.5) is 0 Å². The van der Waals surface area contributed by atoms with Gasteiger partial charge in [0.15, 0.2) is 0 Å². The Hall–Kier alpha value is -3.19. The fraction of sp³-hybridized carbons (Fsp3) is 0.250. The van der Waals surface area contributed by atoms with Crippen LogP contribution in [0.3, 0.4) is 0 Å². The van der Waals surface area contributed by atoms with Crippen molar-refractivity contribution in [1.29, 1.82) is 0 Å². The molecule has 0 radical (unpaired) electrons. The summed E-state index contributed by atoms with van der Waals surface area (Å²) in [4.78, 5) is 12.9. The molecule has 0 amide bonds. The number of ether oxygens (including phenoxy) is 2. The Bertz CT molecular complexity index is 952. The summed E-state index contributed by atoms with van der Waals surface area (Å²) in [7, 11) is 0. The maximum atomic E-state index is 11.6. The van der Waals surface area contributed by atoms with Gasteiger partial charge in [-0.2, -0.15) is 0 Å². The average Bonchev–Trinajstić information content (AvgIpc) is 3.10. The van der Waals surface area contributed by atoms with Crippen molar-refractivity contribution in [2.45, 2.75) is 26.2 Å². The lowest BCUT2D eigenvalue weighted by molar-refractivity contribution is -0.146. The molecule has 3 aromatic rings. The second-order valence-corrected chi connectivity index (χ2v) is 6.23. The van der Waals surface area contributed by atoms with Gasteiger partial charge in [0.1, 0.15) is 29.5 Å². The summed E-state index contributed by atoms with van der Waals surface area (Å²) in [5.74, 6) is -0.0483. The van der Waals surface area contributed by atoms with Gasteiger partial charge in [-0.05, 0) is 37.6 Å². The Morgan fingerprint density at radius 3 is 2.59 bits per heavy atom. The van der Waals surface area contributed by atoms with Crippen molar-refractivity contribution in [3.63, 3.8) is 0 Å². The zero-order chi connectivity index (χ0) is 19.4. The van der Waals surface area contributed by atoms with Crippen LogP contribution in [-0.2, 0) is 9.53 Å². The molecule has 7 heteroatoms. The molecule has 1 N–H and O–H groups in total. The van der Waals surface area contributed by atoms with Gasteiger partial charge in [0, 0.05) is 5.57 Å². The number of aryl methyl sites for hydroxylation is 1. The van der Waals surface area contributed by atoms with Gasteiger partial charge in [-0.1, -0.05) is 36.9 Å². The molecule has 0 fully saturated rings. The first kappa shape index (κ1) is 18.6. The number of esters is 1. The Kier molecular flexibility index (Phi) is 5.52. The first-order valence-electron chi connectivity index (χ1n) is 8.50. The smallest absolute Gasteiger partial charge is 0.333 e. The number of hydrogen-bond acceptors (Lipinski definition) is 6. The van der Waals surface area contributed by atoms with Gasteiger partial charge in [-0.3, -0.25) is 0 Å². The molecule has 0 aliphatic carbocycles. The first-order valence-corrected chi connectivity index (χ1v) is 8.50.